The molecule has 0 amide bonds. The van der Waals surface area contributed by atoms with Crippen molar-refractivity contribution < 1.29 is 8.42 Å². The average molecular weight is 279 g/mol. The normalized spacial score (nSPS) is 13.2. The predicted octanol–water partition coefficient (Wildman–Crippen LogP) is 1.09. The monoisotopic (exact) mass is 279 g/mol. The third-order valence-electron chi connectivity index (χ3n) is 2.92. The lowest BCUT2D eigenvalue weighted by Crippen LogP contribution is -2.45. The first-order chi connectivity index (χ1) is 8.25. The molecule has 0 aliphatic heterocycles. The van der Waals surface area contributed by atoms with Gasteiger partial charge >= 0.3 is 0 Å². The summed E-state index contributed by atoms with van der Waals surface area (Å²) in [6.07, 6.45) is 0. The van der Waals surface area contributed by atoms with Crippen molar-refractivity contribution in [3.8, 4) is 0 Å². The van der Waals surface area contributed by atoms with E-state index in [1.54, 1.807) is 18.4 Å². The molecule has 0 radical (unpaired) electrons. The van der Waals surface area contributed by atoms with Crippen LogP contribution in [0.1, 0.15) is 27.7 Å². The molecule has 0 saturated heterocycles. The van der Waals surface area contributed by atoms with Crippen molar-refractivity contribution in [3.05, 3.63) is 0 Å². The first-order valence-corrected chi connectivity index (χ1v) is 8.05. The zero-order chi connectivity index (χ0) is 14.3. The SMILES string of the molecule is CCN(CC)CCN(CC(C)C)S(=O)(=O)N(C)C. The molecule has 0 heterocycles. The summed E-state index contributed by atoms with van der Waals surface area (Å²) in [6, 6.07) is 0. The maximum Gasteiger partial charge on any atom is 0.281 e. The van der Waals surface area contributed by atoms with E-state index in [1.807, 2.05) is 13.8 Å². The Morgan fingerprint density at radius 2 is 1.50 bits per heavy atom. The van der Waals surface area contributed by atoms with E-state index in [4.69, 9.17) is 0 Å². The van der Waals surface area contributed by atoms with E-state index >= 15 is 0 Å². The van der Waals surface area contributed by atoms with Crippen LogP contribution < -0.4 is 0 Å². The van der Waals surface area contributed by atoms with Gasteiger partial charge in [0.2, 0.25) is 0 Å². The maximum absolute atomic E-state index is 12.2. The Morgan fingerprint density at radius 1 is 1.00 bits per heavy atom. The van der Waals surface area contributed by atoms with Crippen LogP contribution in [-0.2, 0) is 10.2 Å². The van der Waals surface area contributed by atoms with E-state index in [1.165, 1.54) is 4.31 Å². The molecule has 0 spiro atoms. The second-order valence-electron chi connectivity index (χ2n) is 5.07. The lowest BCUT2D eigenvalue weighted by Gasteiger charge is -2.29. The molecule has 0 fully saturated rings. The van der Waals surface area contributed by atoms with Crippen molar-refractivity contribution in [1.29, 1.82) is 0 Å². The predicted molar refractivity (Wildman–Crippen MR) is 76.8 cm³/mol. The average Bonchev–Trinajstić information content (AvgIpc) is 2.27. The fourth-order valence-electron chi connectivity index (χ4n) is 1.73. The molecule has 0 aromatic carbocycles. The molecule has 110 valence electrons. The fraction of sp³-hybridized carbons (Fsp3) is 1.00. The van der Waals surface area contributed by atoms with Gasteiger partial charge in [-0.05, 0) is 19.0 Å². The van der Waals surface area contributed by atoms with Crippen molar-refractivity contribution in [3.63, 3.8) is 0 Å². The van der Waals surface area contributed by atoms with E-state index in [0.717, 1.165) is 19.6 Å². The molecule has 5 nitrogen and oxygen atoms in total. The van der Waals surface area contributed by atoms with Gasteiger partial charge in [0.15, 0.2) is 0 Å². The zero-order valence-corrected chi connectivity index (χ0v) is 13.5. The molecule has 6 heteroatoms. The minimum absolute atomic E-state index is 0.330. The Balaban J connectivity index is 4.70. The highest BCUT2D eigenvalue weighted by atomic mass is 32.2. The third-order valence-corrected chi connectivity index (χ3v) is 4.82. The van der Waals surface area contributed by atoms with E-state index in [-0.39, 0.29) is 0 Å². The highest BCUT2D eigenvalue weighted by Gasteiger charge is 2.25. The largest absolute Gasteiger partial charge is 0.303 e. The number of hydrogen-bond acceptors (Lipinski definition) is 3. The van der Waals surface area contributed by atoms with Crippen molar-refractivity contribution in [2.45, 2.75) is 27.7 Å². The Bertz CT molecular complexity index is 311. The summed E-state index contributed by atoms with van der Waals surface area (Å²) in [6.45, 7) is 12.1. The van der Waals surface area contributed by atoms with Crippen LogP contribution in [0.25, 0.3) is 0 Å². The van der Waals surface area contributed by atoms with Crippen molar-refractivity contribution in [2.75, 3.05) is 46.8 Å². The van der Waals surface area contributed by atoms with E-state index in [2.05, 4.69) is 18.7 Å². The Morgan fingerprint density at radius 3 is 1.83 bits per heavy atom. The smallest absolute Gasteiger partial charge is 0.281 e. The van der Waals surface area contributed by atoms with Gasteiger partial charge in [-0.1, -0.05) is 27.7 Å². The molecule has 0 aromatic rings. The molecule has 0 bridgehead atoms. The molecule has 0 aliphatic carbocycles. The number of hydrogen-bond donors (Lipinski definition) is 0. The van der Waals surface area contributed by atoms with Crippen LogP contribution in [0.4, 0.5) is 0 Å². The van der Waals surface area contributed by atoms with Crippen LogP contribution in [0.2, 0.25) is 0 Å². The summed E-state index contributed by atoms with van der Waals surface area (Å²) >= 11 is 0. The van der Waals surface area contributed by atoms with E-state index in [9.17, 15) is 8.42 Å². The summed E-state index contributed by atoms with van der Waals surface area (Å²) in [5.74, 6) is 0.330. The summed E-state index contributed by atoms with van der Waals surface area (Å²) in [5.41, 5.74) is 0. The summed E-state index contributed by atoms with van der Waals surface area (Å²) in [5, 5.41) is 0. The van der Waals surface area contributed by atoms with Gasteiger partial charge in [-0.25, -0.2) is 0 Å². The second-order valence-corrected chi connectivity index (χ2v) is 7.21. The van der Waals surface area contributed by atoms with Crippen LogP contribution >= 0.6 is 0 Å². The van der Waals surface area contributed by atoms with Gasteiger partial charge < -0.3 is 4.90 Å². The van der Waals surface area contributed by atoms with Crippen LogP contribution in [0.15, 0.2) is 0 Å². The van der Waals surface area contributed by atoms with Gasteiger partial charge in [-0.3, -0.25) is 0 Å². The van der Waals surface area contributed by atoms with E-state index < -0.39 is 10.2 Å². The van der Waals surface area contributed by atoms with Crippen molar-refractivity contribution >= 4 is 10.2 Å². The van der Waals surface area contributed by atoms with Gasteiger partial charge in [0.1, 0.15) is 0 Å². The molecule has 0 aromatic heterocycles. The molecular formula is C12H29N3O2S. The molecular weight excluding hydrogens is 250 g/mol. The fourth-order valence-corrected chi connectivity index (χ4v) is 2.99. The van der Waals surface area contributed by atoms with Crippen molar-refractivity contribution in [1.82, 2.24) is 13.5 Å². The van der Waals surface area contributed by atoms with Crippen LogP contribution in [-0.4, -0.2) is 68.7 Å². The molecule has 0 rings (SSSR count). The lowest BCUT2D eigenvalue weighted by atomic mass is 10.2. The van der Waals surface area contributed by atoms with E-state index in [0.29, 0.717) is 19.0 Å². The summed E-state index contributed by atoms with van der Waals surface area (Å²) in [7, 11) is -0.139. The molecule has 0 N–H and O–H groups in total. The van der Waals surface area contributed by atoms with Crippen LogP contribution in [0.5, 0.6) is 0 Å². The topological polar surface area (TPSA) is 43.9 Å². The minimum Gasteiger partial charge on any atom is -0.303 e. The highest BCUT2D eigenvalue weighted by Crippen LogP contribution is 2.08. The maximum atomic E-state index is 12.2. The zero-order valence-electron chi connectivity index (χ0n) is 12.7. The van der Waals surface area contributed by atoms with Gasteiger partial charge in [0, 0.05) is 33.7 Å². The first-order valence-electron chi connectivity index (χ1n) is 6.65. The molecule has 0 saturated carbocycles. The van der Waals surface area contributed by atoms with Crippen LogP contribution in [0, 0.1) is 5.92 Å². The molecule has 18 heavy (non-hydrogen) atoms. The molecule has 0 unspecified atom stereocenters. The van der Waals surface area contributed by atoms with Gasteiger partial charge in [-0.2, -0.15) is 17.0 Å². The first kappa shape index (κ1) is 17.8. The minimum atomic E-state index is -3.31. The standard InChI is InChI=1S/C12H29N3O2S/c1-7-14(8-2)9-10-15(11-12(3)4)18(16,17)13(5)6/h12H,7-11H2,1-6H3. The number of rotatable bonds is 9. The van der Waals surface area contributed by atoms with Gasteiger partial charge in [0.05, 0.1) is 0 Å². The van der Waals surface area contributed by atoms with Gasteiger partial charge in [-0.15, -0.1) is 0 Å². The highest BCUT2D eigenvalue weighted by molar-refractivity contribution is 7.86. The Kier molecular flexibility index (Phi) is 8.02. The summed E-state index contributed by atoms with van der Waals surface area (Å²) in [4.78, 5) is 2.23. The summed E-state index contributed by atoms with van der Waals surface area (Å²) < 4.78 is 27.2. The third kappa shape index (κ3) is 5.65. The molecule has 0 atom stereocenters. The number of nitrogens with zero attached hydrogens (tertiary/aromatic N) is 3. The van der Waals surface area contributed by atoms with Gasteiger partial charge in [0.25, 0.3) is 10.2 Å². The second kappa shape index (κ2) is 8.09. The number of likely N-dealkylation sites (N-methyl/N-ethyl adjacent to an activating group) is 1. The lowest BCUT2D eigenvalue weighted by molar-refractivity contribution is 0.256. The van der Waals surface area contributed by atoms with Crippen LogP contribution in [0.3, 0.4) is 0 Å². The quantitative estimate of drug-likeness (QED) is 0.635. The Hall–Kier alpha value is -0.170. The van der Waals surface area contributed by atoms with Crippen molar-refractivity contribution in [2.24, 2.45) is 5.92 Å². The Labute approximate surface area is 113 Å². The molecule has 0 aliphatic rings.